The van der Waals surface area contributed by atoms with E-state index in [1.54, 1.807) is 17.7 Å². The minimum Gasteiger partial charge on any atom is -0.249 e. The van der Waals surface area contributed by atoms with E-state index >= 15 is 0 Å². The molecule has 0 N–H and O–H groups in total. The summed E-state index contributed by atoms with van der Waals surface area (Å²) >= 11 is 0. The van der Waals surface area contributed by atoms with Gasteiger partial charge >= 0.3 is 0 Å². The van der Waals surface area contributed by atoms with Crippen LogP contribution in [-0.2, 0) is 6.54 Å². The zero-order valence-electron chi connectivity index (χ0n) is 10.7. The van der Waals surface area contributed by atoms with Crippen LogP contribution in [0.25, 0.3) is 6.08 Å². The molecule has 0 spiro atoms. The minimum atomic E-state index is -0.949. The lowest BCUT2D eigenvalue weighted by molar-refractivity contribution is 0.545. The van der Waals surface area contributed by atoms with E-state index in [4.69, 9.17) is 0 Å². The smallest absolute Gasteiger partial charge is 0.173 e. The fourth-order valence-corrected chi connectivity index (χ4v) is 2.26. The number of aromatic nitrogens is 3. The first-order valence-corrected chi connectivity index (χ1v) is 6.03. The Morgan fingerprint density at radius 2 is 2.16 bits per heavy atom. The Balaban J connectivity index is 2.41. The second-order valence-electron chi connectivity index (χ2n) is 4.21. The molecular weight excluding hydrogens is 248 g/mol. The Labute approximate surface area is 110 Å². The molecule has 0 fully saturated rings. The number of allylic oxidation sites excluding steroid dienone is 5. The van der Waals surface area contributed by atoms with E-state index in [1.807, 2.05) is 0 Å². The van der Waals surface area contributed by atoms with Gasteiger partial charge < -0.3 is 0 Å². The molecule has 100 valence electrons. The molecule has 0 aromatic carbocycles. The summed E-state index contributed by atoms with van der Waals surface area (Å²) in [5.41, 5.74) is 0.291. The highest BCUT2D eigenvalue weighted by Gasteiger charge is 2.31. The average molecular weight is 263 g/mol. The second kappa shape index (κ2) is 5.30. The maximum Gasteiger partial charge on any atom is 0.173 e. The van der Waals surface area contributed by atoms with Crippen LogP contribution in [0.15, 0.2) is 42.5 Å². The molecular formula is C14H15F2N3. The molecule has 0 unspecified atom stereocenters. The molecule has 0 radical (unpaired) electrons. The first-order valence-electron chi connectivity index (χ1n) is 6.03. The monoisotopic (exact) mass is 263 g/mol. The van der Waals surface area contributed by atoms with Gasteiger partial charge in [0.2, 0.25) is 0 Å². The molecule has 0 saturated carbocycles. The molecule has 0 aliphatic carbocycles. The van der Waals surface area contributed by atoms with Crippen molar-refractivity contribution in [3.63, 3.8) is 0 Å². The van der Waals surface area contributed by atoms with E-state index in [9.17, 15) is 8.78 Å². The lowest BCUT2D eigenvalue weighted by atomic mass is 9.95. The summed E-state index contributed by atoms with van der Waals surface area (Å²) in [7, 11) is 0. The van der Waals surface area contributed by atoms with Crippen molar-refractivity contribution in [2.45, 2.75) is 25.8 Å². The lowest BCUT2D eigenvalue weighted by Crippen LogP contribution is -2.02. The predicted octanol–water partition coefficient (Wildman–Crippen LogP) is 3.69. The molecule has 1 aliphatic heterocycles. The van der Waals surface area contributed by atoms with Crippen LogP contribution in [-0.4, -0.2) is 14.8 Å². The van der Waals surface area contributed by atoms with E-state index in [0.29, 0.717) is 30.2 Å². The first kappa shape index (κ1) is 13.4. The topological polar surface area (TPSA) is 30.7 Å². The van der Waals surface area contributed by atoms with Crippen molar-refractivity contribution in [1.29, 1.82) is 0 Å². The molecule has 0 bridgehead atoms. The van der Waals surface area contributed by atoms with Gasteiger partial charge in [-0.05, 0) is 31.1 Å². The third-order valence-corrected chi connectivity index (χ3v) is 3.17. The zero-order chi connectivity index (χ0) is 14.0. The van der Waals surface area contributed by atoms with Crippen LogP contribution in [0.4, 0.5) is 8.78 Å². The van der Waals surface area contributed by atoms with Gasteiger partial charge in [-0.2, -0.15) is 5.10 Å². The van der Waals surface area contributed by atoms with Gasteiger partial charge in [0.15, 0.2) is 17.5 Å². The molecule has 1 aromatic heterocycles. The Morgan fingerprint density at radius 3 is 2.74 bits per heavy atom. The number of rotatable bonds is 4. The van der Waals surface area contributed by atoms with Crippen LogP contribution >= 0.6 is 0 Å². The van der Waals surface area contributed by atoms with Gasteiger partial charge in [0.1, 0.15) is 5.82 Å². The molecule has 1 aromatic rings. The maximum absolute atomic E-state index is 14.0. The Hall–Kier alpha value is -2.04. The van der Waals surface area contributed by atoms with Gasteiger partial charge in [-0.1, -0.05) is 19.2 Å². The van der Waals surface area contributed by atoms with Crippen molar-refractivity contribution in [2.24, 2.45) is 0 Å². The van der Waals surface area contributed by atoms with Gasteiger partial charge in [0.25, 0.3) is 0 Å². The van der Waals surface area contributed by atoms with Crippen LogP contribution in [0.1, 0.15) is 30.9 Å². The summed E-state index contributed by atoms with van der Waals surface area (Å²) in [5, 5.41) is 4.21. The van der Waals surface area contributed by atoms with Crippen LogP contribution in [0, 0.1) is 0 Å². The number of hydrogen-bond acceptors (Lipinski definition) is 2. The van der Waals surface area contributed by atoms with Crippen molar-refractivity contribution in [1.82, 2.24) is 14.8 Å². The van der Waals surface area contributed by atoms with E-state index in [2.05, 4.69) is 23.2 Å². The Morgan fingerprint density at radius 1 is 1.42 bits per heavy atom. The van der Waals surface area contributed by atoms with Crippen molar-refractivity contribution in [2.75, 3.05) is 0 Å². The number of fused-ring (bicyclic) bond motifs is 1. The van der Waals surface area contributed by atoms with Gasteiger partial charge in [-0.3, -0.25) is 0 Å². The normalized spacial score (nSPS) is 19.9. The van der Waals surface area contributed by atoms with Crippen molar-refractivity contribution < 1.29 is 8.78 Å². The van der Waals surface area contributed by atoms with Crippen LogP contribution in [0.5, 0.6) is 0 Å². The third kappa shape index (κ3) is 2.28. The van der Waals surface area contributed by atoms with Crippen molar-refractivity contribution in [3.05, 3.63) is 54.2 Å². The number of aryl methyl sites for hydroxylation is 1. The molecule has 0 saturated heterocycles. The van der Waals surface area contributed by atoms with E-state index < -0.39 is 11.7 Å². The lowest BCUT2D eigenvalue weighted by Gasteiger charge is -2.11. The van der Waals surface area contributed by atoms with Crippen LogP contribution < -0.4 is 0 Å². The summed E-state index contributed by atoms with van der Waals surface area (Å²) in [6.07, 6.45) is 4.63. The van der Waals surface area contributed by atoms with E-state index in [0.717, 1.165) is 6.08 Å². The summed E-state index contributed by atoms with van der Waals surface area (Å²) in [4.78, 5) is 4.28. The molecule has 5 heteroatoms. The van der Waals surface area contributed by atoms with Gasteiger partial charge in [0.05, 0.1) is 0 Å². The number of halogens is 2. The molecule has 2 rings (SSSR count). The molecule has 2 heterocycles. The highest BCUT2D eigenvalue weighted by Crippen LogP contribution is 2.38. The van der Waals surface area contributed by atoms with Gasteiger partial charge in [-0.25, -0.2) is 18.4 Å². The molecule has 1 atom stereocenters. The quantitative estimate of drug-likeness (QED) is 0.776. The second-order valence-corrected chi connectivity index (χ2v) is 4.21. The van der Waals surface area contributed by atoms with Gasteiger partial charge in [-0.15, -0.1) is 0 Å². The average Bonchev–Trinajstić information content (AvgIpc) is 2.99. The van der Waals surface area contributed by atoms with Crippen molar-refractivity contribution in [3.8, 4) is 0 Å². The fourth-order valence-electron chi connectivity index (χ4n) is 2.26. The van der Waals surface area contributed by atoms with Gasteiger partial charge in [0, 0.05) is 12.5 Å². The highest BCUT2D eigenvalue weighted by molar-refractivity contribution is 5.41. The summed E-state index contributed by atoms with van der Waals surface area (Å²) in [6, 6.07) is 0. The standard InChI is InChI=1S/C14H15F2N3/c1-4-9(13(16)11(15)5-2)10-7-8-19-14(10)17-12(6-3)18-19/h4-6,10H,2-3,7-8H2,1H3/b9-4-,13-11-/t10-/m0/s1. The van der Waals surface area contributed by atoms with Crippen LogP contribution in [0.3, 0.4) is 0 Å². The summed E-state index contributed by atoms with van der Waals surface area (Å²) < 4.78 is 29.0. The van der Waals surface area contributed by atoms with E-state index in [1.165, 1.54) is 6.08 Å². The molecule has 0 amide bonds. The molecule has 3 nitrogen and oxygen atoms in total. The third-order valence-electron chi connectivity index (χ3n) is 3.17. The molecule has 19 heavy (non-hydrogen) atoms. The van der Waals surface area contributed by atoms with Crippen LogP contribution in [0.2, 0.25) is 0 Å². The minimum absolute atomic E-state index is 0.281. The number of nitrogens with zero attached hydrogens (tertiary/aromatic N) is 3. The Kier molecular flexibility index (Phi) is 3.74. The summed E-state index contributed by atoms with van der Waals surface area (Å²) in [6.45, 7) is 9.16. The largest absolute Gasteiger partial charge is 0.249 e. The Bertz CT molecular complexity index is 582. The summed E-state index contributed by atoms with van der Waals surface area (Å²) in [5.74, 6) is -0.954. The van der Waals surface area contributed by atoms with Crippen molar-refractivity contribution >= 4 is 6.08 Å². The zero-order valence-corrected chi connectivity index (χ0v) is 10.7. The number of hydrogen-bond donors (Lipinski definition) is 0. The fraction of sp³-hybridized carbons (Fsp3) is 0.286. The maximum atomic E-state index is 14.0. The van der Waals surface area contributed by atoms with E-state index in [-0.39, 0.29) is 5.92 Å². The SMILES string of the molecule is C=C/C(F)=C(F)\C(=C/C)[C@@H]1CCn2nc(C=C)nc21. The first-order chi connectivity index (χ1) is 9.12. The predicted molar refractivity (Wildman–Crippen MR) is 70.7 cm³/mol. The molecule has 1 aliphatic rings. The highest BCUT2D eigenvalue weighted by atomic mass is 19.2.